The molecule has 2 aromatic heterocycles. The first-order chi connectivity index (χ1) is 27.3. The minimum absolute atomic E-state index is 0.0405. The molecule has 7 unspecified atom stereocenters. The lowest BCUT2D eigenvalue weighted by Gasteiger charge is -2.31. The smallest absolute Gasteiger partial charge is 0.407 e. The molecular weight excluding hydrogens is 732 g/mol. The second kappa shape index (κ2) is 16.0. The van der Waals surface area contributed by atoms with Gasteiger partial charge in [-0.1, -0.05) is 83.1 Å². The first-order valence-corrected chi connectivity index (χ1v) is 19.6. The molecule has 4 N–H and O–H groups in total. The quantitative estimate of drug-likeness (QED) is 0.132. The Morgan fingerprint density at radius 2 is 1.32 bits per heavy atom. The standard InChI is InChI=1S/C42H51FN8O6/c1-21(2)33(47-41(54)56-6)39(52)50-20-23(5)16-31(50)37-44-19-29(45-37)26-12-8-24(9-13-26)25-10-14-27(15-11-25)35-36(43)49-38(46-35)32-18-28-17-30(28)51(32)40(53)34(22(3)4)48-42(55)57-7/h8-15,19,21-23,28,30-34H,16-18,20H2,1-7H3,(H,44,45)(H,46,49)(H,47,54)(H,48,55). The summed E-state index contributed by atoms with van der Waals surface area (Å²) in [6.07, 6.45) is 2.76. The number of alkyl carbamates (subject to hydrolysis) is 2. The van der Waals surface area contributed by atoms with E-state index in [0.29, 0.717) is 36.1 Å². The van der Waals surface area contributed by atoms with Crippen molar-refractivity contribution in [1.29, 1.82) is 0 Å². The van der Waals surface area contributed by atoms with Crippen molar-refractivity contribution < 1.29 is 33.0 Å². The highest BCUT2D eigenvalue weighted by atomic mass is 19.1. The lowest BCUT2D eigenvalue weighted by atomic mass is 10.0. The number of likely N-dealkylation sites (tertiary alicyclic amines) is 2. The number of nitrogens with zero attached hydrogens (tertiary/aromatic N) is 4. The first kappa shape index (κ1) is 39.5. The number of hydrogen-bond donors (Lipinski definition) is 4. The molecule has 4 amide bonds. The fourth-order valence-electron chi connectivity index (χ4n) is 8.34. The first-order valence-electron chi connectivity index (χ1n) is 19.6. The minimum atomic E-state index is -0.775. The lowest BCUT2D eigenvalue weighted by Crippen LogP contribution is -2.52. The van der Waals surface area contributed by atoms with Crippen LogP contribution in [0.4, 0.5) is 14.0 Å². The highest BCUT2D eigenvalue weighted by Gasteiger charge is 2.56. The van der Waals surface area contributed by atoms with E-state index in [1.54, 1.807) is 16.0 Å². The van der Waals surface area contributed by atoms with Gasteiger partial charge in [0.05, 0.1) is 38.2 Å². The van der Waals surface area contributed by atoms with E-state index in [1.165, 1.54) is 14.2 Å². The molecule has 3 aliphatic rings. The number of carbonyl (C=O) groups is 4. The molecule has 14 nitrogen and oxygen atoms in total. The van der Waals surface area contributed by atoms with Crippen molar-refractivity contribution >= 4 is 24.0 Å². The molecule has 2 aromatic carbocycles. The van der Waals surface area contributed by atoms with Crippen molar-refractivity contribution in [2.45, 2.75) is 84.1 Å². The summed E-state index contributed by atoms with van der Waals surface area (Å²) in [4.78, 5) is 70.6. The number of piperidine rings is 1. The van der Waals surface area contributed by atoms with Crippen LogP contribution in [0, 0.1) is 29.6 Å². The normalized spacial score (nSPS) is 22.3. The Labute approximate surface area is 331 Å². The third-order valence-corrected chi connectivity index (χ3v) is 11.5. The molecule has 302 valence electrons. The molecule has 15 heteroatoms. The third-order valence-electron chi connectivity index (χ3n) is 11.5. The minimum Gasteiger partial charge on any atom is -0.453 e. The van der Waals surface area contributed by atoms with Gasteiger partial charge < -0.3 is 39.9 Å². The van der Waals surface area contributed by atoms with Crippen molar-refractivity contribution in [1.82, 2.24) is 40.4 Å². The number of methoxy groups -OCH3 is 2. The van der Waals surface area contributed by atoms with E-state index in [4.69, 9.17) is 9.47 Å². The Kier molecular flexibility index (Phi) is 11.1. The monoisotopic (exact) mass is 782 g/mol. The molecule has 57 heavy (non-hydrogen) atoms. The largest absolute Gasteiger partial charge is 0.453 e. The second-order valence-corrected chi connectivity index (χ2v) is 16.2. The number of H-pyrrole nitrogens is 2. The molecule has 3 fully saturated rings. The molecule has 2 saturated heterocycles. The van der Waals surface area contributed by atoms with Crippen LogP contribution in [-0.2, 0) is 19.1 Å². The van der Waals surface area contributed by atoms with Crippen LogP contribution in [0.3, 0.4) is 0 Å². The molecule has 0 bridgehead atoms. The van der Waals surface area contributed by atoms with E-state index in [9.17, 15) is 19.2 Å². The molecule has 4 aromatic rings. The summed E-state index contributed by atoms with van der Waals surface area (Å²) in [5.74, 6) is 0.400. The van der Waals surface area contributed by atoms with E-state index in [2.05, 4.69) is 37.5 Å². The van der Waals surface area contributed by atoms with E-state index in [1.807, 2.05) is 76.2 Å². The highest BCUT2D eigenvalue weighted by Crippen LogP contribution is 2.53. The van der Waals surface area contributed by atoms with E-state index < -0.39 is 36.3 Å². The van der Waals surface area contributed by atoms with Gasteiger partial charge in [0.2, 0.25) is 17.8 Å². The lowest BCUT2D eigenvalue weighted by molar-refractivity contribution is -0.137. The SMILES string of the molecule is COC(=O)NC(C(=O)N1CC(C)CC1c1ncc(-c2ccc(-c3ccc(-c4nc(C5CC6CC6N5C(=O)C(NC(=O)OC)C(C)C)[nH]c4F)cc3)cc2)[nH]1)C(C)C. The van der Waals surface area contributed by atoms with Crippen molar-refractivity contribution in [2.75, 3.05) is 20.8 Å². The van der Waals surface area contributed by atoms with Gasteiger partial charge in [-0.05, 0) is 59.6 Å². The van der Waals surface area contributed by atoms with Gasteiger partial charge in [-0.3, -0.25) is 9.59 Å². The van der Waals surface area contributed by atoms with Crippen LogP contribution in [0.2, 0.25) is 0 Å². The summed E-state index contributed by atoms with van der Waals surface area (Å²) in [6.45, 7) is 10.2. The molecule has 1 saturated carbocycles. The molecule has 7 atom stereocenters. The number of amides is 4. The number of rotatable bonds is 11. The Hall–Kier alpha value is -5.73. The average Bonchev–Trinajstić information content (AvgIpc) is 3.61. The van der Waals surface area contributed by atoms with Crippen LogP contribution in [-0.4, -0.2) is 92.6 Å². The second-order valence-electron chi connectivity index (χ2n) is 16.2. The third kappa shape index (κ3) is 7.96. The number of hydrogen-bond acceptors (Lipinski definition) is 8. The predicted molar refractivity (Wildman–Crippen MR) is 210 cm³/mol. The van der Waals surface area contributed by atoms with E-state index in [0.717, 1.165) is 35.2 Å². The summed E-state index contributed by atoms with van der Waals surface area (Å²) in [5, 5.41) is 5.36. The number of halogens is 1. The highest BCUT2D eigenvalue weighted by molar-refractivity contribution is 5.87. The van der Waals surface area contributed by atoms with Gasteiger partial charge in [-0.25, -0.2) is 19.6 Å². The molecule has 0 radical (unpaired) electrons. The van der Waals surface area contributed by atoms with E-state index >= 15 is 4.39 Å². The van der Waals surface area contributed by atoms with Crippen molar-refractivity contribution in [3.63, 3.8) is 0 Å². The van der Waals surface area contributed by atoms with Gasteiger partial charge >= 0.3 is 12.2 Å². The Morgan fingerprint density at radius 1 is 0.754 bits per heavy atom. The number of aromatic nitrogens is 4. The summed E-state index contributed by atoms with van der Waals surface area (Å²) >= 11 is 0. The number of nitrogens with one attached hydrogen (secondary N) is 4. The van der Waals surface area contributed by atoms with Crippen LogP contribution >= 0.6 is 0 Å². The maximum absolute atomic E-state index is 15.5. The van der Waals surface area contributed by atoms with Gasteiger partial charge in [0, 0.05) is 18.2 Å². The fraction of sp³-hybridized carbons (Fsp3) is 0.476. The predicted octanol–water partition coefficient (Wildman–Crippen LogP) is 6.61. The van der Waals surface area contributed by atoms with Gasteiger partial charge in [0.25, 0.3) is 0 Å². The zero-order chi connectivity index (χ0) is 40.7. The van der Waals surface area contributed by atoms with Gasteiger partial charge in [0.1, 0.15) is 29.4 Å². The number of carbonyl (C=O) groups excluding carboxylic acids is 4. The van der Waals surface area contributed by atoms with E-state index in [-0.39, 0.29) is 47.3 Å². The van der Waals surface area contributed by atoms with Crippen LogP contribution in [0.1, 0.15) is 77.6 Å². The summed E-state index contributed by atoms with van der Waals surface area (Å²) < 4.78 is 25.0. The molecule has 1 aliphatic carbocycles. The molecule has 7 rings (SSSR count). The summed E-state index contributed by atoms with van der Waals surface area (Å²) in [5.41, 5.74) is 4.42. The molecule has 4 heterocycles. The van der Waals surface area contributed by atoms with Crippen LogP contribution < -0.4 is 10.6 Å². The van der Waals surface area contributed by atoms with Crippen molar-refractivity contribution in [2.24, 2.45) is 23.7 Å². The molecule has 0 spiro atoms. The molecular formula is C42H51FN8O6. The van der Waals surface area contributed by atoms with Crippen LogP contribution in [0.25, 0.3) is 33.6 Å². The number of imidazole rings is 2. The Bertz CT molecular complexity index is 2110. The zero-order valence-corrected chi connectivity index (χ0v) is 33.3. The molecule has 2 aliphatic heterocycles. The Balaban J connectivity index is 1.03. The van der Waals surface area contributed by atoms with Gasteiger partial charge in [0.15, 0.2) is 0 Å². The summed E-state index contributed by atoms with van der Waals surface area (Å²) in [7, 11) is 2.54. The topological polar surface area (TPSA) is 175 Å². The maximum Gasteiger partial charge on any atom is 0.407 e. The Morgan fingerprint density at radius 3 is 1.89 bits per heavy atom. The number of aromatic amines is 2. The number of ether oxygens (including phenoxy) is 2. The van der Waals surface area contributed by atoms with Crippen molar-refractivity contribution in [3.05, 3.63) is 72.3 Å². The summed E-state index contributed by atoms with van der Waals surface area (Å²) in [6, 6.07) is 13.4. The van der Waals surface area contributed by atoms with Gasteiger partial charge in [-0.15, -0.1) is 0 Å². The maximum atomic E-state index is 15.5. The fourth-order valence-corrected chi connectivity index (χ4v) is 8.34. The average molecular weight is 783 g/mol. The van der Waals surface area contributed by atoms with Crippen LogP contribution in [0.15, 0.2) is 54.7 Å². The van der Waals surface area contributed by atoms with Gasteiger partial charge in [-0.2, -0.15) is 4.39 Å². The van der Waals surface area contributed by atoms with Crippen molar-refractivity contribution in [3.8, 4) is 33.6 Å². The number of benzene rings is 2. The zero-order valence-electron chi connectivity index (χ0n) is 33.3. The number of fused-ring (bicyclic) bond motifs is 1. The van der Waals surface area contributed by atoms with Crippen LogP contribution in [0.5, 0.6) is 0 Å².